The van der Waals surface area contributed by atoms with Crippen molar-refractivity contribution in [3.8, 4) is 11.3 Å². The molecule has 0 bridgehead atoms. The molecule has 1 aromatic heterocycles. The Bertz CT molecular complexity index is 807. The van der Waals surface area contributed by atoms with Crippen LogP contribution in [0.25, 0.3) is 22.2 Å². The van der Waals surface area contributed by atoms with Gasteiger partial charge in [0, 0.05) is 20.9 Å². The smallest absolute Gasteiger partial charge is 0.310 e. The van der Waals surface area contributed by atoms with Gasteiger partial charge < -0.3 is 9.72 Å². The molecule has 106 valence electrons. The lowest BCUT2D eigenvalue weighted by atomic mass is 10.0. The van der Waals surface area contributed by atoms with Gasteiger partial charge >= 0.3 is 5.97 Å². The first-order valence-electron chi connectivity index (χ1n) is 6.62. The highest BCUT2D eigenvalue weighted by Gasteiger charge is 2.17. The average Bonchev–Trinajstić information content (AvgIpc) is 2.86. The van der Waals surface area contributed by atoms with Gasteiger partial charge in [0.1, 0.15) is 0 Å². The topological polar surface area (TPSA) is 42.1 Å². The molecule has 2 aromatic carbocycles. The standard InChI is InChI=1S/C17H14BrNO2/c1-21-16(20)10-13-11-6-3-5-9-15(11)19-17(13)12-7-2-4-8-14(12)18/h2-9,19H,10H2,1H3. The number of esters is 1. The Morgan fingerprint density at radius 3 is 2.62 bits per heavy atom. The molecule has 0 fully saturated rings. The predicted octanol–water partition coefficient (Wildman–Crippen LogP) is 4.31. The summed E-state index contributed by atoms with van der Waals surface area (Å²) in [5.41, 5.74) is 3.97. The van der Waals surface area contributed by atoms with Crippen LogP contribution in [0.2, 0.25) is 0 Å². The highest BCUT2D eigenvalue weighted by atomic mass is 79.9. The first-order chi connectivity index (χ1) is 10.2. The van der Waals surface area contributed by atoms with Crippen molar-refractivity contribution in [3.63, 3.8) is 0 Å². The monoisotopic (exact) mass is 343 g/mol. The molecule has 1 heterocycles. The van der Waals surface area contributed by atoms with Crippen molar-refractivity contribution in [1.82, 2.24) is 4.98 Å². The molecule has 0 aliphatic carbocycles. The molecule has 0 atom stereocenters. The number of aromatic amines is 1. The first-order valence-corrected chi connectivity index (χ1v) is 7.41. The Kier molecular flexibility index (Phi) is 3.80. The van der Waals surface area contributed by atoms with E-state index in [-0.39, 0.29) is 12.4 Å². The summed E-state index contributed by atoms with van der Waals surface area (Å²) in [7, 11) is 1.41. The summed E-state index contributed by atoms with van der Waals surface area (Å²) in [4.78, 5) is 15.2. The summed E-state index contributed by atoms with van der Waals surface area (Å²) in [6.07, 6.45) is 0.247. The minimum Gasteiger partial charge on any atom is -0.469 e. The third kappa shape index (κ3) is 2.59. The maximum atomic E-state index is 11.7. The maximum Gasteiger partial charge on any atom is 0.310 e. The molecule has 1 N–H and O–H groups in total. The molecule has 0 spiro atoms. The molecule has 0 saturated carbocycles. The number of fused-ring (bicyclic) bond motifs is 1. The number of para-hydroxylation sites is 1. The Hall–Kier alpha value is -2.07. The second-order valence-electron chi connectivity index (χ2n) is 4.76. The third-order valence-corrected chi connectivity index (χ3v) is 4.20. The second-order valence-corrected chi connectivity index (χ2v) is 5.61. The fourth-order valence-electron chi connectivity index (χ4n) is 2.49. The summed E-state index contributed by atoms with van der Waals surface area (Å²) >= 11 is 3.57. The van der Waals surface area contributed by atoms with Crippen molar-refractivity contribution >= 4 is 32.8 Å². The van der Waals surface area contributed by atoms with Crippen LogP contribution in [0, 0.1) is 0 Å². The molecule has 4 heteroatoms. The van der Waals surface area contributed by atoms with E-state index in [4.69, 9.17) is 4.74 Å². The number of halogens is 1. The van der Waals surface area contributed by atoms with Gasteiger partial charge in [-0.3, -0.25) is 4.79 Å². The number of ether oxygens (including phenoxy) is 1. The van der Waals surface area contributed by atoms with Crippen molar-refractivity contribution in [3.05, 3.63) is 58.6 Å². The van der Waals surface area contributed by atoms with Gasteiger partial charge in [-0.15, -0.1) is 0 Å². The zero-order valence-electron chi connectivity index (χ0n) is 11.5. The predicted molar refractivity (Wildman–Crippen MR) is 87.2 cm³/mol. The Morgan fingerprint density at radius 2 is 1.86 bits per heavy atom. The van der Waals surface area contributed by atoms with Crippen molar-refractivity contribution < 1.29 is 9.53 Å². The van der Waals surface area contributed by atoms with Crippen LogP contribution in [-0.2, 0) is 16.0 Å². The van der Waals surface area contributed by atoms with Crippen molar-refractivity contribution in [2.24, 2.45) is 0 Å². The fraction of sp³-hybridized carbons (Fsp3) is 0.118. The van der Waals surface area contributed by atoms with Crippen LogP contribution in [0.3, 0.4) is 0 Å². The summed E-state index contributed by atoms with van der Waals surface area (Å²) in [6.45, 7) is 0. The Balaban J connectivity index is 2.24. The van der Waals surface area contributed by atoms with E-state index in [0.717, 1.165) is 32.2 Å². The van der Waals surface area contributed by atoms with E-state index >= 15 is 0 Å². The number of benzene rings is 2. The van der Waals surface area contributed by atoms with Crippen LogP contribution in [-0.4, -0.2) is 18.1 Å². The number of aromatic nitrogens is 1. The van der Waals surface area contributed by atoms with Gasteiger partial charge in [-0.1, -0.05) is 52.3 Å². The number of carbonyl (C=O) groups is 1. The van der Waals surface area contributed by atoms with E-state index in [1.807, 2.05) is 48.5 Å². The van der Waals surface area contributed by atoms with Gasteiger partial charge in [-0.05, 0) is 17.7 Å². The van der Waals surface area contributed by atoms with Crippen LogP contribution in [0.5, 0.6) is 0 Å². The van der Waals surface area contributed by atoms with Gasteiger partial charge in [0.2, 0.25) is 0 Å². The summed E-state index contributed by atoms with van der Waals surface area (Å²) in [6, 6.07) is 15.9. The second kappa shape index (κ2) is 5.74. The average molecular weight is 344 g/mol. The van der Waals surface area contributed by atoms with Crippen molar-refractivity contribution in [1.29, 1.82) is 0 Å². The fourth-order valence-corrected chi connectivity index (χ4v) is 2.98. The van der Waals surface area contributed by atoms with E-state index in [0.29, 0.717) is 0 Å². The lowest BCUT2D eigenvalue weighted by Crippen LogP contribution is -2.05. The lowest BCUT2D eigenvalue weighted by molar-refractivity contribution is -0.139. The van der Waals surface area contributed by atoms with Crippen LogP contribution in [0.4, 0.5) is 0 Å². The van der Waals surface area contributed by atoms with Gasteiger partial charge in [-0.2, -0.15) is 0 Å². The van der Waals surface area contributed by atoms with E-state index in [1.165, 1.54) is 7.11 Å². The molecule has 0 aliphatic rings. The molecular weight excluding hydrogens is 330 g/mol. The summed E-state index contributed by atoms with van der Waals surface area (Å²) in [5.74, 6) is -0.243. The van der Waals surface area contributed by atoms with Gasteiger partial charge in [-0.25, -0.2) is 0 Å². The Labute approximate surface area is 131 Å². The summed E-state index contributed by atoms with van der Waals surface area (Å²) < 4.78 is 5.82. The van der Waals surface area contributed by atoms with Crippen molar-refractivity contribution in [2.75, 3.05) is 7.11 Å². The number of hydrogen-bond donors (Lipinski definition) is 1. The molecule has 0 radical (unpaired) electrons. The number of nitrogens with one attached hydrogen (secondary N) is 1. The highest BCUT2D eigenvalue weighted by Crippen LogP contribution is 2.34. The van der Waals surface area contributed by atoms with Gasteiger partial charge in [0.25, 0.3) is 0 Å². The molecule has 3 nitrogen and oxygen atoms in total. The zero-order valence-corrected chi connectivity index (χ0v) is 13.1. The number of methoxy groups -OCH3 is 1. The molecule has 0 saturated heterocycles. The number of H-pyrrole nitrogens is 1. The van der Waals surface area contributed by atoms with E-state index < -0.39 is 0 Å². The van der Waals surface area contributed by atoms with Crippen LogP contribution in [0.1, 0.15) is 5.56 Å². The first kappa shape index (κ1) is 13.9. The van der Waals surface area contributed by atoms with Gasteiger partial charge in [0.05, 0.1) is 19.2 Å². The quantitative estimate of drug-likeness (QED) is 0.720. The molecule has 0 amide bonds. The van der Waals surface area contributed by atoms with Gasteiger partial charge in [0.15, 0.2) is 0 Å². The van der Waals surface area contributed by atoms with Crippen LogP contribution >= 0.6 is 15.9 Å². The third-order valence-electron chi connectivity index (χ3n) is 3.51. The SMILES string of the molecule is COC(=O)Cc1c(-c2ccccc2Br)[nH]c2ccccc12. The van der Waals surface area contributed by atoms with Crippen LogP contribution < -0.4 is 0 Å². The minimum atomic E-state index is -0.243. The van der Waals surface area contributed by atoms with Crippen molar-refractivity contribution in [2.45, 2.75) is 6.42 Å². The highest BCUT2D eigenvalue weighted by molar-refractivity contribution is 9.10. The molecule has 21 heavy (non-hydrogen) atoms. The molecule has 3 aromatic rings. The zero-order chi connectivity index (χ0) is 14.8. The lowest BCUT2D eigenvalue weighted by Gasteiger charge is -2.06. The number of rotatable bonds is 3. The maximum absolute atomic E-state index is 11.7. The van der Waals surface area contributed by atoms with E-state index in [9.17, 15) is 4.79 Å². The minimum absolute atomic E-state index is 0.243. The number of hydrogen-bond acceptors (Lipinski definition) is 2. The largest absolute Gasteiger partial charge is 0.469 e. The molecule has 3 rings (SSSR count). The molecular formula is C17H14BrNO2. The normalized spacial score (nSPS) is 10.8. The summed E-state index contributed by atoms with van der Waals surface area (Å²) in [5, 5.41) is 1.05. The van der Waals surface area contributed by atoms with E-state index in [1.54, 1.807) is 0 Å². The van der Waals surface area contributed by atoms with E-state index in [2.05, 4.69) is 20.9 Å². The molecule has 0 aliphatic heterocycles. The Morgan fingerprint density at radius 1 is 1.14 bits per heavy atom. The molecule has 0 unspecified atom stereocenters. The van der Waals surface area contributed by atoms with Crippen LogP contribution in [0.15, 0.2) is 53.0 Å². The number of carbonyl (C=O) groups excluding carboxylic acids is 1.